The van der Waals surface area contributed by atoms with Crippen molar-refractivity contribution in [2.45, 2.75) is 56.8 Å². The number of nitrogens with zero attached hydrogens (tertiary/aromatic N) is 1. The van der Waals surface area contributed by atoms with Gasteiger partial charge in [-0.1, -0.05) is 117 Å². The fraction of sp³-hybridized carbons (Fsp3) is 0.255. The van der Waals surface area contributed by atoms with Crippen LogP contribution in [-0.4, -0.2) is 0 Å². The van der Waals surface area contributed by atoms with E-state index in [-0.39, 0.29) is 10.8 Å². The lowest BCUT2D eigenvalue weighted by molar-refractivity contribution is -0.0399. The molecule has 0 heterocycles. The molecule has 0 unspecified atom stereocenters. The molecule has 0 saturated heterocycles. The summed E-state index contributed by atoms with van der Waals surface area (Å²) in [4.78, 5) is 2.57. The molecule has 13 rings (SSSR count). The Labute approximate surface area is 306 Å². The maximum atomic E-state index is 2.65. The van der Waals surface area contributed by atoms with Gasteiger partial charge in [0.15, 0.2) is 0 Å². The van der Waals surface area contributed by atoms with Gasteiger partial charge in [-0.25, -0.2) is 0 Å². The third kappa shape index (κ3) is 3.74. The Morgan fingerprint density at radius 1 is 0.423 bits per heavy atom. The summed E-state index contributed by atoms with van der Waals surface area (Å²) in [5.41, 5.74) is 15.5. The van der Waals surface area contributed by atoms with Crippen LogP contribution in [0, 0.1) is 23.7 Å². The summed E-state index contributed by atoms with van der Waals surface area (Å²) in [6.45, 7) is 4.80. The number of hydrogen-bond donors (Lipinski definition) is 0. The highest BCUT2D eigenvalue weighted by molar-refractivity contribution is 6.08. The van der Waals surface area contributed by atoms with Gasteiger partial charge in [0.05, 0.1) is 0 Å². The lowest BCUT2D eigenvalue weighted by atomic mass is 9.43. The first-order chi connectivity index (χ1) is 25.5. The van der Waals surface area contributed by atoms with Crippen LogP contribution in [0.4, 0.5) is 17.1 Å². The molecule has 1 nitrogen and oxygen atoms in total. The smallest absolute Gasteiger partial charge is 0.0468 e. The second-order valence-corrected chi connectivity index (χ2v) is 17.4. The molecular weight excluding hydrogens is 627 g/mol. The van der Waals surface area contributed by atoms with Crippen LogP contribution < -0.4 is 4.90 Å². The molecule has 7 aromatic rings. The fourth-order valence-corrected chi connectivity index (χ4v) is 12.7. The maximum Gasteiger partial charge on any atom is 0.0468 e. The van der Waals surface area contributed by atoms with Crippen molar-refractivity contribution in [1.82, 2.24) is 0 Å². The molecule has 52 heavy (non-hydrogen) atoms. The predicted octanol–water partition coefficient (Wildman–Crippen LogP) is 13.5. The second kappa shape index (κ2) is 10.3. The Morgan fingerprint density at radius 2 is 0.942 bits per heavy atom. The minimum Gasteiger partial charge on any atom is -0.310 e. The zero-order valence-electron chi connectivity index (χ0n) is 30.1. The SMILES string of the molecule is CC1(C)c2ccccc2-c2ccc(N(c3ccc4c(c3)C3(c5ccccc5-4)C4CC5CC(C4)CC3C5)c3ccc4c(ccc5ccccc54)c3)cc21. The van der Waals surface area contributed by atoms with Crippen molar-refractivity contribution in [2.24, 2.45) is 23.7 Å². The van der Waals surface area contributed by atoms with Gasteiger partial charge in [-0.05, 0) is 158 Å². The molecular formula is C51H43N. The number of benzene rings is 7. The van der Waals surface area contributed by atoms with E-state index in [1.807, 2.05) is 0 Å². The molecule has 252 valence electrons. The number of hydrogen-bond acceptors (Lipinski definition) is 1. The average Bonchev–Trinajstić information content (AvgIpc) is 3.59. The lowest BCUT2D eigenvalue weighted by Gasteiger charge is -2.61. The molecule has 4 bridgehead atoms. The average molecular weight is 670 g/mol. The van der Waals surface area contributed by atoms with Crippen molar-refractivity contribution in [2.75, 3.05) is 4.90 Å². The van der Waals surface area contributed by atoms with Gasteiger partial charge in [0.2, 0.25) is 0 Å². The molecule has 6 aliphatic carbocycles. The summed E-state index contributed by atoms with van der Waals surface area (Å²) in [5.74, 6) is 3.33. The Kier molecular flexibility index (Phi) is 5.81. The molecule has 0 aliphatic heterocycles. The van der Waals surface area contributed by atoms with E-state index in [1.165, 1.54) is 104 Å². The van der Waals surface area contributed by atoms with Gasteiger partial charge in [-0.2, -0.15) is 0 Å². The van der Waals surface area contributed by atoms with Crippen LogP contribution in [0.5, 0.6) is 0 Å². The summed E-state index contributed by atoms with van der Waals surface area (Å²) >= 11 is 0. The first-order valence-electron chi connectivity index (χ1n) is 19.7. The first-order valence-corrected chi connectivity index (χ1v) is 19.7. The van der Waals surface area contributed by atoms with Crippen molar-refractivity contribution in [3.05, 3.63) is 162 Å². The van der Waals surface area contributed by atoms with Crippen LogP contribution in [0.25, 0.3) is 43.8 Å². The van der Waals surface area contributed by atoms with E-state index in [0.717, 1.165) is 23.7 Å². The topological polar surface area (TPSA) is 3.24 Å². The Bertz CT molecular complexity index is 2610. The molecule has 7 aromatic carbocycles. The molecule has 1 heteroatoms. The maximum absolute atomic E-state index is 2.65. The van der Waals surface area contributed by atoms with Gasteiger partial charge in [-0.3, -0.25) is 0 Å². The van der Waals surface area contributed by atoms with E-state index < -0.39 is 0 Å². The highest BCUT2D eigenvalue weighted by Gasteiger charge is 2.61. The normalized spacial score (nSPS) is 25.3. The van der Waals surface area contributed by atoms with E-state index in [9.17, 15) is 0 Å². The van der Waals surface area contributed by atoms with E-state index in [0.29, 0.717) is 0 Å². The van der Waals surface area contributed by atoms with E-state index in [4.69, 9.17) is 0 Å². The third-order valence-corrected chi connectivity index (χ3v) is 14.6. The lowest BCUT2D eigenvalue weighted by Crippen LogP contribution is -2.55. The molecule has 1 spiro atoms. The highest BCUT2D eigenvalue weighted by Crippen LogP contribution is 2.69. The molecule has 0 atom stereocenters. The van der Waals surface area contributed by atoms with Gasteiger partial charge in [0, 0.05) is 27.9 Å². The highest BCUT2D eigenvalue weighted by atomic mass is 15.1. The van der Waals surface area contributed by atoms with Crippen LogP contribution in [0.15, 0.2) is 140 Å². The van der Waals surface area contributed by atoms with Gasteiger partial charge < -0.3 is 4.90 Å². The minimum absolute atomic E-state index is 0.0695. The van der Waals surface area contributed by atoms with Crippen molar-refractivity contribution in [1.29, 1.82) is 0 Å². The van der Waals surface area contributed by atoms with Crippen LogP contribution >= 0.6 is 0 Å². The number of rotatable bonds is 3. The van der Waals surface area contributed by atoms with E-state index in [2.05, 4.69) is 158 Å². The molecule has 0 amide bonds. The molecule has 0 N–H and O–H groups in total. The van der Waals surface area contributed by atoms with Crippen LogP contribution in [-0.2, 0) is 10.8 Å². The summed E-state index contributed by atoms with van der Waals surface area (Å²) in [6.07, 6.45) is 7.06. The molecule has 4 saturated carbocycles. The quantitative estimate of drug-likeness (QED) is 0.169. The standard InChI is InChI=1S/C51H43N/c1-50(2)46-13-7-5-11-42(46)44-21-18-38(29-48(44)50)52(37-17-20-41-34(28-37)16-15-33-9-3-4-10-40(33)41)39-19-22-45-43-12-6-8-14-47(43)51(49(45)30-39)35-24-31-23-32(26-35)27-36(51)25-31/h3-22,28-32,35-36H,23-27H2,1-2H3. The van der Waals surface area contributed by atoms with Crippen molar-refractivity contribution < 1.29 is 0 Å². The van der Waals surface area contributed by atoms with Crippen LogP contribution in [0.1, 0.15) is 68.2 Å². The van der Waals surface area contributed by atoms with Crippen molar-refractivity contribution in [3.8, 4) is 22.3 Å². The van der Waals surface area contributed by atoms with Crippen molar-refractivity contribution in [3.63, 3.8) is 0 Å². The summed E-state index contributed by atoms with van der Waals surface area (Å²) in [6, 6.07) is 53.8. The van der Waals surface area contributed by atoms with Crippen molar-refractivity contribution >= 4 is 38.6 Å². The van der Waals surface area contributed by atoms with Gasteiger partial charge in [-0.15, -0.1) is 0 Å². The molecule has 0 radical (unpaired) electrons. The van der Waals surface area contributed by atoms with Gasteiger partial charge in [0.1, 0.15) is 0 Å². The number of fused-ring (bicyclic) bond motifs is 9. The Balaban J connectivity index is 1.09. The third-order valence-electron chi connectivity index (χ3n) is 14.6. The Morgan fingerprint density at radius 3 is 1.69 bits per heavy atom. The molecule has 6 aliphatic rings. The van der Waals surface area contributed by atoms with Crippen LogP contribution in [0.3, 0.4) is 0 Å². The van der Waals surface area contributed by atoms with Gasteiger partial charge in [0.25, 0.3) is 0 Å². The zero-order chi connectivity index (χ0) is 34.3. The summed E-state index contributed by atoms with van der Waals surface area (Å²) < 4.78 is 0. The number of anilines is 3. The molecule has 0 aromatic heterocycles. The van der Waals surface area contributed by atoms with E-state index >= 15 is 0 Å². The summed E-state index contributed by atoms with van der Waals surface area (Å²) in [7, 11) is 0. The zero-order valence-corrected chi connectivity index (χ0v) is 30.1. The van der Waals surface area contributed by atoms with E-state index in [1.54, 1.807) is 11.1 Å². The molecule has 4 fully saturated rings. The predicted molar refractivity (Wildman–Crippen MR) is 217 cm³/mol. The van der Waals surface area contributed by atoms with Crippen LogP contribution in [0.2, 0.25) is 0 Å². The second-order valence-electron chi connectivity index (χ2n) is 17.4. The fourth-order valence-electron chi connectivity index (χ4n) is 12.7. The largest absolute Gasteiger partial charge is 0.310 e. The summed E-state index contributed by atoms with van der Waals surface area (Å²) in [5, 5.41) is 5.19. The van der Waals surface area contributed by atoms with Gasteiger partial charge >= 0.3 is 0 Å². The first kappa shape index (κ1) is 29.4. The minimum atomic E-state index is -0.0695. The monoisotopic (exact) mass is 669 g/mol. The Hall–Kier alpha value is -5.14.